The van der Waals surface area contributed by atoms with Crippen molar-refractivity contribution in [3.63, 3.8) is 0 Å². The molecule has 0 fully saturated rings. The number of nitrogen functional groups attached to an aromatic ring is 1. The third kappa shape index (κ3) is 3.47. The van der Waals surface area contributed by atoms with Gasteiger partial charge >= 0.3 is 0 Å². The molecule has 2 aromatic carbocycles. The topological polar surface area (TPSA) is 111 Å². The van der Waals surface area contributed by atoms with Crippen LogP contribution in [0.4, 0.5) is 11.5 Å². The van der Waals surface area contributed by atoms with E-state index in [4.69, 9.17) is 10.2 Å². The first kappa shape index (κ1) is 19.5. The molecule has 3 heterocycles. The largest absolute Gasteiger partial charge is 0.463 e. The second kappa shape index (κ2) is 7.66. The van der Waals surface area contributed by atoms with Crippen LogP contribution in [0.3, 0.4) is 0 Å². The number of amides is 1. The number of hydrogen-bond acceptors (Lipinski definition) is 6. The quantitative estimate of drug-likeness (QED) is 0.412. The number of rotatable bonds is 4. The number of hydrogen-bond donors (Lipinski definition) is 2. The number of aromatic nitrogens is 3. The minimum absolute atomic E-state index is 0.139. The second-order valence-electron chi connectivity index (χ2n) is 7.55. The maximum Gasteiger partial charge on any atom is 0.261 e. The average molecular weight is 424 g/mol. The van der Waals surface area contributed by atoms with Gasteiger partial charge in [0, 0.05) is 5.69 Å². The van der Waals surface area contributed by atoms with Gasteiger partial charge in [-0.15, -0.1) is 0 Å². The van der Waals surface area contributed by atoms with E-state index in [2.05, 4.69) is 20.4 Å². The van der Waals surface area contributed by atoms with Gasteiger partial charge in [-0.3, -0.25) is 4.79 Å². The van der Waals surface area contributed by atoms with Crippen molar-refractivity contribution in [2.45, 2.75) is 13.8 Å². The maximum atomic E-state index is 13.3. The first-order chi connectivity index (χ1) is 15.5. The lowest BCUT2D eigenvalue weighted by molar-refractivity contribution is 0.102. The van der Waals surface area contributed by atoms with Gasteiger partial charge in [-0.25, -0.2) is 9.97 Å². The fraction of sp³-hybridized carbons (Fsp3) is 0.0833. The Hall–Kier alpha value is -4.46. The number of aryl methyl sites for hydroxylation is 2. The van der Waals surface area contributed by atoms with Crippen LogP contribution in [-0.2, 0) is 0 Å². The molecule has 0 bridgehead atoms. The third-order valence-electron chi connectivity index (χ3n) is 5.02. The molecule has 8 heteroatoms. The SMILES string of the molecule is Cc1cc(C)cc(NC(=O)c2c(N)n(/N=C\c3ccco3)c3nc4ccccc4nc23)c1. The molecule has 0 unspecified atom stereocenters. The molecule has 0 spiro atoms. The van der Waals surface area contributed by atoms with Crippen molar-refractivity contribution in [3.05, 3.63) is 83.3 Å². The van der Waals surface area contributed by atoms with Crippen LogP contribution in [0, 0.1) is 13.8 Å². The predicted octanol–water partition coefficient (Wildman–Crippen LogP) is 4.51. The fourth-order valence-corrected chi connectivity index (χ4v) is 3.71. The van der Waals surface area contributed by atoms with Gasteiger partial charge in [0.05, 0.1) is 23.5 Å². The van der Waals surface area contributed by atoms with Crippen LogP contribution in [-0.4, -0.2) is 26.8 Å². The monoisotopic (exact) mass is 424 g/mol. The van der Waals surface area contributed by atoms with Gasteiger partial charge in [0.25, 0.3) is 5.91 Å². The van der Waals surface area contributed by atoms with Gasteiger partial charge in [0.1, 0.15) is 22.7 Å². The minimum Gasteiger partial charge on any atom is -0.463 e. The van der Waals surface area contributed by atoms with E-state index in [1.807, 2.05) is 56.3 Å². The Morgan fingerprint density at radius 2 is 1.78 bits per heavy atom. The van der Waals surface area contributed by atoms with Crippen LogP contribution in [0.1, 0.15) is 27.2 Å². The maximum absolute atomic E-state index is 13.3. The van der Waals surface area contributed by atoms with E-state index in [0.29, 0.717) is 33.6 Å². The molecular formula is C24H20N6O2. The number of nitrogens with zero attached hydrogens (tertiary/aromatic N) is 4. The summed E-state index contributed by atoms with van der Waals surface area (Å²) in [4.78, 5) is 22.7. The lowest BCUT2D eigenvalue weighted by Gasteiger charge is -2.07. The highest BCUT2D eigenvalue weighted by molar-refractivity contribution is 6.16. The van der Waals surface area contributed by atoms with Crippen LogP contribution >= 0.6 is 0 Å². The number of para-hydroxylation sites is 2. The summed E-state index contributed by atoms with van der Waals surface area (Å²) in [6.07, 6.45) is 3.06. The van der Waals surface area contributed by atoms with Crippen molar-refractivity contribution in [2.75, 3.05) is 11.1 Å². The smallest absolute Gasteiger partial charge is 0.261 e. The summed E-state index contributed by atoms with van der Waals surface area (Å²) < 4.78 is 6.72. The van der Waals surface area contributed by atoms with Gasteiger partial charge < -0.3 is 15.5 Å². The zero-order valence-electron chi connectivity index (χ0n) is 17.5. The summed E-state index contributed by atoms with van der Waals surface area (Å²) in [5, 5.41) is 7.35. The fourth-order valence-electron chi connectivity index (χ4n) is 3.71. The van der Waals surface area contributed by atoms with Crippen LogP contribution in [0.15, 0.2) is 70.4 Å². The minimum atomic E-state index is -0.381. The molecule has 3 aromatic heterocycles. The molecule has 0 saturated heterocycles. The Bertz CT molecular complexity index is 1480. The molecule has 0 radical (unpaired) electrons. The summed E-state index contributed by atoms with van der Waals surface area (Å²) in [7, 11) is 0. The summed E-state index contributed by atoms with van der Waals surface area (Å²) in [6.45, 7) is 3.95. The number of carbonyl (C=O) groups excluding carboxylic acids is 1. The molecule has 0 aliphatic heterocycles. The number of furan rings is 1. The van der Waals surface area contributed by atoms with Gasteiger partial charge in [0.15, 0.2) is 5.65 Å². The highest BCUT2D eigenvalue weighted by atomic mass is 16.3. The molecular weight excluding hydrogens is 404 g/mol. The molecule has 0 aliphatic carbocycles. The van der Waals surface area contributed by atoms with E-state index in [-0.39, 0.29) is 17.3 Å². The second-order valence-corrected chi connectivity index (χ2v) is 7.55. The first-order valence-corrected chi connectivity index (χ1v) is 10.0. The summed E-state index contributed by atoms with van der Waals surface area (Å²) in [5.41, 5.74) is 11.5. The summed E-state index contributed by atoms with van der Waals surface area (Å²) >= 11 is 0. The Labute approximate surface area is 183 Å². The molecule has 1 amide bonds. The van der Waals surface area contributed by atoms with Crippen molar-refractivity contribution < 1.29 is 9.21 Å². The average Bonchev–Trinajstić information content (AvgIpc) is 3.35. The Kier molecular flexibility index (Phi) is 4.67. The van der Waals surface area contributed by atoms with E-state index < -0.39 is 0 Å². The highest BCUT2D eigenvalue weighted by Crippen LogP contribution is 2.29. The molecule has 158 valence electrons. The molecule has 3 N–H and O–H groups in total. The number of fused-ring (bicyclic) bond motifs is 2. The first-order valence-electron chi connectivity index (χ1n) is 10.0. The zero-order valence-corrected chi connectivity index (χ0v) is 17.5. The van der Waals surface area contributed by atoms with Crippen molar-refractivity contribution >= 4 is 45.8 Å². The van der Waals surface area contributed by atoms with E-state index in [9.17, 15) is 4.79 Å². The molecule has 5 rings (SSSR count). The van der Waals surface area contributed by atoms with Crippen LogP contribution in [0.5, 0.6) is 0 Å². The molecule has 0 aliphatic rings. The Morgan fingerprint density at radius 3 is 2.47 bits per heavy atom. The predicted molar refractivity (Wildman–Crippen MR) is 125 cm³/mol. The molecule has 0 atom stereocenters. The van der Waals surface area contributed by atoms with Crippen LogP contribution in [0.2, 0.25) is 0 Å². The van der Waals surface area contributed by atoms with Gasteiger partial charge in [-0.2, -0.15) is 9.78 Å². The van der Waals surface area contributed by atoms with Gasteiger partial charge in [-0.1, -0.05) is 18.2 Å². The Morgan fingerprint density at radius 1 is 1.06 bits per heavy atom. The number of anilines is 2. The molecule has 8 nitrogen and oxygen atoms in total. The normalized spacial score (nSPS) is 11.6. The third-order valence-corrected chi connectivity index (χ3v) is 5.02. The van der Waals surface area contributed by atoms with Crippen molar-refractivity contribution in [2.24, 2.45) is 5.10 Å². The van der Waals surface area contributed by atoms with Crippen molar-refractivity contribution in [1.82, 2.24) is 14.6 Å². The van der Waals surface area contributed by atoms with E-state index >= 15 is 0 Å². The van der Waals surface area contributed by atoms with Gasteiger partial charge in [-0.05, 0) is 61.4 Å². The Balaban J connectivity index is 1.67. The standard InChI is InChI=1S/C24H20N6O2/c1-14-10-15(2)12-16(11-14)27-24(31)20-21-23(29-19-8-4-3-7-18(19)28-21)30(22(20)25)26-13-17-6-5-9-32-17/h3-13H,25H2,1-2H3,(H,27,31)/b26-13-. The number of benzene rings is 2. The van der Waals surface area contributed by atoms with Crippen LogP contribution in [0.25, 0.3) is 22.2 Å². The van der Waals surface area contributed by atoms with Crippen molar-refractivity contribution in [3.8, 4) is 0 Å². The number of nitrogens with one attached hydrogen (secondary N) is 1. The number of carbonyl (C=O) groups is 1. The lowest BCUT2D eigenvalue weighted by Crippen LogP contribution is -2.14. The molecule has 0 saturated carbocycles. The summed E-state index contributed by atoms with van der Waals surface area (Å²) in [6, 6.07) is 16.8. The molecule has 5 aromatic rings. The van der Waals surface area contributed by atoms with Gasteiger partial charge in [0.2, 0.25) is 0 Å². The van der Waals surface area contributed by atoms with E-state index in [1.54, 1.807) is 18.4 Å². The lowest BCUT2D eigenvalue weighted by atomic mass is 10.1. The number of nitrogens with two attached hydrogens (primary N) is 1. The highest BCUT2D eigenvalue weighted by Gasteiger charge is 2.24. The van der Waals surface area contributed by atoms with E-state index in [0.717, 1.165) is 11.1 Å². The van der Waals surface area contributed by atoms with Crippen LogP contribution < -0.4 is 11.1 Å². The van der Waals surface area contributed by atoms with E-state index in [1.165, 1.54) is 10.9 Å². The van der Waals surface area contributed by atoms with Crippen molar-refractivity contribution in [1.29, 1.82) is 0 Å². The molecule has 32 heavy (non-hydrogen) atoms. The summed E-state index contributed by atoms with van der Waals surface area (Å²) in [5.74, 6) is 0.301. The zero-order chi connectivity index (χ0) is 22.2.